The highest BCUT2D eigenvalue weighted by atomic mass is 127. The van der Waals surface area contributed by atoms with Crippen molar-refractivity contribution < 1.29 is 32.2 Å². The molecule has 0 aliphatic rings. The van der Waals surface area contributed by atoms with E-state index in [1.165, 1.54) is 13.2 Å². The molecule has 9 heteroatoms. The van der Waals surface area contributed by atoms with Gasteiger partial charge in [-0.25, -0.2) is 4.98 Å². The highest BCUT2D eigenvalue weighted by molar-refractivity contribution is 14.1. The van der Waals surface area contributed by atoms with Crippen LogP contribution in [0.4, 0.5) is 13.2 Å². The molecule has 0 unspecified atom stereocenters. The van der Waals surface area contributed by atoms with Gasteiger partial charge in [0.15, 0.2) is 5.75 Å². The van der Waals surface area contributed by atoms with Crippen LogP contribution in [-0.4, -0.2) is 31.0 Å². The van der Waals surface area contributed by atoms with Crippen molar-refractivity contribution in [3.8, 4) is 11.6 Å². The Bertz CT molecular complexity index is 493. The van der Waals surface area contributed by atoms with Crippen LogP contribution in [0.3, 0.4) is 0 Å². The monoisotopic (exact) mass is 405 g/mol. The lowest BCUT2D eigenvalue weighted by atomic mass is 10.2. The normalized spacial score (nSPS) is 11.1. The highest BCUT2D eigenvalue weighted by Crippen LogP contribution is 2.32. The first kappa shape index (κ1) is 16.8. The third-order valence-corrected chi connectivity index (χ3v) is 2.99. The average molecular weight is 405 g/mol. The SMILES string of the molecule is CCOC(=O)Cc1cc(OC)c(OC(F)(F)F)nc1I. The summed E-state index contributed by atoms with van der Waals surface area (Å²) in [5.74, 6) is -1.40. The van der Waals surface area contributed by atoms with Crippen LogP contribution >= 0.6 is 22.6 Å². The summed E-state index contributed by atoms with van der Waals surface area (Å²) >= 11 is 1.71. The molecule has 0 saturated heterocycles. The number of pyridine rings is 1. The van der Waals surface area contributed by atoms with Gasteiger partial charge in [-0.2, -0.15) is 0 Å². The molecule has 112 valence electrons. The first-order chi connectivity index (χ1) is 9.26. The summed E-state index contributed by atoms with van der Waals surface area (Å²) in [5.41, 5.74) is 0.399. The summed E-state index contributed by atoms with van der Waals surface area (Å²) in [6, 6.07) is 1.27. The van der Waals surface area contributed by atoms with Gasteiger partial charge in [-0.15, -0.1) is 13.2 Å². The fourth-order valence-electron chi connectivity index (χ4n) is 1.32. The van der Waals surface area contributed by atoms with E-state index in [1.807, 2.05) is 0 Å². The number of carbonyl (C=O) groups excluding carboxylic acids is 1. The number of aromatic nitrogens is 1. The number of halogens is 4. The van der Waals surface area contributed by atoms with E-state index in [0.717, 1.165) is 0 Å². The number of carbonyl (C=O) groups is 1. The summed E-state index contributed by atoms with van der Waals surface area (Å²) in [6.45, 7) is 1.87. The van der Waals surface area contributed by atoms with Gasteiger partial charge in [0.05, 0.1) is 20.1 Å². The van der Waals surface area contributed by atoms with Crippen molar-refractivity contribution in [2.45, 2.75) is 19.7 Å². The first-order valence-corrected chi connectivity index (χ1v) is 6.49. The molecule has 1 aromatic heterocycles. The Morgan fingerprint density at radius 3 is 2.60 bits per heavy atom. The van der Waals surface area contributed by atoms with Gasteiger partial charge < -0.3 is 14.2 Å². The smallest absolute Gasteiger partial charge is 0.491 e. The Morgan fingerprint density at radius 2 is 2.10 bits per heavy atom. The zero-order valence-corrected chi connectivity index (χ0v) is 12.7. The maximum Gasteiger partial charge on any atom is 0.574 e. The molecule has 1 heterocycles. The molecular formula is C11H11F3INO4. The second-order valence-electron chi connectivity index (χ2n) is 3.48. The Labute approximate surface area is 126 Å². The van der Waals surface area contributed by atoms with Gasteiger partial charge in [0.25, 0.3) is 5.88 Å². The van der Waals surface area contributed by atoms with Crippen molar-refractivity contribution >= 4 is 28.6 Å². The zero-order valence-electron chi connectivity index (χ0n) is 10.6. The second kappa shape index (κ2) is 6.95. The van der Waals surface area contributed by atoms with Crippen LogP contribution in [0.1, 0.15) is 12.5 Å². The Morgan fingerprint density at radius 1 is 1.45 bits per heavy atom. The fourth-order valence-corrected chi connectivity index (χ4v) is 1.88. The number of rotatable bonds is 5. The van der Waals surface area contributed by atoms with Gasteiger partial charge in [-0.05, 0) is 41.1 Å². The van der Waals surface area contributed by atoms with Crippen molar-refractivity contribution in [3.63, 3.8) is 0 Å². The van der Waals surface area contributed by atoms with Crippen LogP contribution in [0.25, 0.3) is 0 Å². The first-order valence-electron chi connectivity index (χ1n) is 5.41. The lowest BCUT2D eigenvalue weighted by molar-refractivity contribution is -0.276. The fraction of sp³-hybridized carbons (Fsp3) is 0.455. The van der Waals surface area contributed by atoms with E-state index in [-0.39, 0.29) is 22.5 Å². The third kappa shape index (κ3) is 5.02. The minimum atomic E-state index is -4.87. The molecule has 1 rings (SSSR count). The van der Waals surface area contributed by atoms with Gasteiger partial charge in [0.1, 0.15) is 3.70 Å². The van der Waals surface area contributed by atoms with Gasteiger partial charge in [-0.3, -0.25) is 4.79 Å². The minimum absolute atomic E-state index is 0.109. The molecule has 5 nitrogen and oxygen atoms in total. The van der Waals surface area contributed by atoms with Crippen LogP contribution in [0.15, 0.2) is 6.07 Å². The molecule has 0 aromatic carbocycles. The molecule has 0 N–H and O–H groups in total. The molecule has 20 heavy (non-hydrogen) atoms. The van der Waals surface area contributed by atoms with Crippen LogP contribution in [-0.2, 0) is 16.0 Å². The van der Waals surface area contributed by atoms with E-state index in [9.17, 15) is 18.0 Å². The van der Waals surface area contributed by atoms with Crippen LogP contribution in [0, 0.1) is 3.70 Å². The number of hydrogen-bond acceptors (Lipinski definition) is 5. The molecule has 0 amide bonds. The zero-order chi connectivity index (χ0) is 15.3. The van der Waals surface area contributed by atoms with Crippen LogP contribution in [0.2, 0.25) is 0 Å². The van der Waals surface area contributed by atoms with E-state index < -0.39 is 18.2 Å². The summed E-state index contributed by atoms with van der Waals surface area (Å²) < 4.78 is 50.1. The quantitative estimate of drug-likeness (QED) is 0.429. The summed E-state index contributed by atoms with van der Waals surface area (Å²) in [7, 11) is 1.18. The summed E-state index contributed by atoms with van der Waals surface area (Å²) in [5, 5.41) is 0. The minimum Gasteiger partial charge on any atom is -0.491 e. The molecular weight excluding hydrogens is 394 g/mol. The van der Waals surface area contributed by atoms with Crippen LogP contribution in [0.5, 0.6) is 11.6 Å². The molecule has 0 aliphatic carbocycles. The standard InChI is InChI=1S/C11H11F3INO4/c1-3-19-8(17)5-6-4-7(18-2)10(16-9(6)15)20-11(12,13)14/h4H,3,5H2,1-2H3. The highest BCUT2D eigenvalue weighted by Gasteiger charge is 2.33. The Hall–Kier alpha value is -1.26. The predicted octanol–water partition coefficient (Wildman–Crippen LogP) is 2.70. The maximum atomic E-state index is 12.2. The van der Waals surface area contributed by atoms with Crippen molar-refractivity contribution in [1.82, 2.24) is 4.98 Å². The largest absolute Gasteiger partial charge is 0.574 e. The molecule has 0 spiro atoms. The van der Waals surface area contributed by atoms with Crippen molar-refractivity contribution in [2.75, 3.05) is 13.7 Å². The molecule has 0 bridgehead atoms. The van der Waals surface area contributed by atoms with E-state index in [1.54, 1.807) is 29.5 Å². The predicted molar refractivity (Wildman–Crippen MR) is 70.5 cm³/mol. The lowest BCUT2D eigenvalue weighted by Crippen LogP contribution is -2.19. The van der Waals surface area contributed by atoms with Gasteiger partial charge in [0.2, 0.25) is 0 Å². The average Bonchev–Trinajstić information content (AvgIpc) is 2.31. The van der Waals surface area contributed by atoms with Crippen LogP contribution < -0.4 is 9.47 Å². The molecule has 0 fully saturated rings. The molecule has 1 aromatic rings. The van der Waals surface area contributed by atoms with Gasteiger partial charge in [-0.1, -0.05) is 0 Å². The number of hydrogen-bond donors (Lipinski definition) is 0. The molecule has 0 saturated carbocycles. The number of esters is 1. The van der Waals surface area contributed by atoms with Crippen molar-refractivity contribution in [3.05, 3.63) is 15.3 Å². The lowest BCUT2D eigenvalue weighted by Gasteiger charge is -2.13. The topological polar surface area (TPSA) is 57.7 Å². The van der Waals surface area contributed by atoms with Crippen molar-refractivity contribution in [2.24, 2.45) is 0 Å². The number of nitrogens with zero attached hydrogens (tertiary/aromatic N) is 1. The number of alkyl halides is 3. The third-order valence-electron chi connectivity index (χ3n) is 2.05. The Kier molecular flexibility index (Phi) is 5.84. The maximum absolute atomic E-state index is 12.2. The molecule has 0 radical (unpaired) electrons. The molecule has 0 aliphatic heterocycles. The van der Waals surface area contributed by atoms with E-state index in [2.05, 4.69) is 9.72 Å². The summed E-state index contributed by atoms with van der Waals surface area (Å²) in [4.78, 5) is 15.0. The van der Waals surface area contributed by atoms with Gasteiger partial charge >= 0.3 is 12.3 Å². The van der Waals surface area contributed by atoms with E-state index in [0.29, 0.717) is 5.56 Å². The second-order valence-corrected chi connectivity index (χ2v) is 4.50. The number of ether oxygens (including phenoxy) is 3. The van der Waals surface area contributed by atoms with E-state index >= 15 is 0 Å². The van der Waals surface area contributed by atoms with Gasteiger partial charge in [0, 0.05) is 0 Å². The Balaban J connectivity index is 3.03. The molecule has 0 atom stereocenters. The van der Waals surface area contributed by atoms with Crippen molar-refractivity contribution in [1.29, 1.82) is 0 Å². The number of methoxy groups -OCH3 is 1. The summed E-state index contributed by atoms with van der Waals surface area (Å²) in [6.07, 6.45) is -4.98. The van der Waals surface area contributed by atoms with E-state index in [4.69, 9.17) is 9.47 Å².